The van der Waals surface area contributed by atoms with Gasteiger partial charge in [-0.2, -0.15) is 0 Å². The number of ether oxygens (including phenoxy) is 2. The fraction of sp³-hybridized carbons (Fsp3) is 0.714. The Balaban J connectivity index is 1.43. The highest BCUT2D eigenvalue weighted by molar-refractivity contribution is 9.10. The lowest BCUT2D eigenvalue weighted by Gasteiger charge is -2.32. The number of halogens is 1. The van der Waals surface area contributed by atoms with Gasteiger partial charge in [0.25, 0.3) is 0 Å². The van der Waals surface area contributed by atoms with E-state index in [0.717, 1.165) is 62.6 Å². The zero-order valence-electron chi connectivity index (χ0n) is 11.5. The maximum absolute atomic E-state index is 6.02. The summed E-state index contributed by atoms with van der Waals surface area (Å²) in [5.74, 6) is 1.42. The Kier molecular flexibility index (Phi) is 4.86. The summed E-state index contributed by atoms with van der Waals surface area (Å²) in [6.07, 6.45) is 7.21. The molecule has 0 bridgehead atoms. The molecule has 2 aliphatic heterocycles. The van der Waals surface area contributed by atoms with E-state index in [-0.39, 0.29) is 0 Å². The number of nitrogens with zero attached hydrogens (tertiary/aromatic N) is 3. The standard InChI is InChI=1S/C14H20BrN3O2/c15-12-7-16-14(17-8-12)18-4-1-13(2-5-18)20-10-11-3-6-19-9-11/h7-8,11,13H,1-6,9-10H2. The average molecular weight is 342 g/mol. The molecule has 6 heteroatoms. The summed E-state index contributed by atoms with van der Waals surface area (Å²) in [7, 11) is 0. The van der Waals surface area contributed by atoms with Crippen molar-refractivity contribution in [3.05, 3.63) is 16.9 Å². The predicted molar refractivity (Wildman–Crippen MR) is 79.8 cm³/mol. The van der Waals surface area contributed by atoms with Crippen LogP contribution >= 0.6 is 15.9 Å². The van der Waals surface area contributed by atoms with Gasteiger partial charge in [-0.25, -0.2) is 9.97 Å². The molecule has 2 aliphatic rings. The molecular formula is C14H20BrN3O2. The summed E-state index contributed by atoms with van der Waals surface area (Å²) >= 11 is 3.36. The minimum Gasteiger partial charge on any atom is -0.381 e. The van der Waals surface area contributed by atoms with Crippen molar-refractivity contribution in [2.24, 2.45) is 5.92 Å². The summed E-state index contributed by atoms with van der Waals surface area (Å²) in [5, 5.41) is 0. The van der Waals surface area contributed by atoms with Gasteiger partial charge in [0.2, 0.25) is 5.95 Å². The van der Waals surface area contributed by atoms with Gasteiger partial charge in [0.05, 0.1) is 23.8 Å². The second-order valence-corrected chi connectivity index (χ2v) is 6.37. The highest BCUT2D eigenvalue weighted by Gasteiger charge is 2.23. The third kappa shape index (κ3) is 3.68. The summed E-state index contributed by atoms with van der Waals surface area (Å²) in [6, 6.07) is 0. The van der Waals surface area contributed by atoms with Gasteiger partial charge < -0.3 is 14.4 Å². The molecule has 2 saturated heterocycles. The van der Waals surface area contributed by atoms with Crippen molar-refractivity contribution < 1.29 is 9.47 Å². The van der Waals surface area contributed by atoms with Crippen LogP contribution in [0.5, 0.6) is 0 Å². The molecule has 1 aromatic rings. The molecule has 0 amide bonds. The minimum absolute atomic E-state index is 0.377. The van der Waals surface area contributed by atoms with Crippen molar-refractivity contribution in [3.63, 3.8) is 0 Å². The zero-order valence-corrected chi connectivity index (χ0v) is 13.1. The Hall–Kier alpha value is -0.720. The Labute approximate surface area is 127 Å². The molecule has 3 rings (SSSR count). The van der Waals surface area contributed by atoms with Gasteiger partial charge in [-0.05, 0) is 35.2 Å². The van der Waals surface area contributed by atoms with Gasteiger partial charge >= 0.3 is 0 Å². The van der Waals surface area contributed by atoms with Crippen molar-refractivity contribution in [1.82, 2.24) is 9.97 Å². The monoisotopic (exact) mass is 341 g/mol. The van der Waals surface area contributed by atoms with E-state index in [9.17, 15) is 0 Å². The molecule has 0 radical (unpaired) electrons. The van der Waals surface area contributed by atoms with Crippen LogP contribution in [-0.4, -0.2) is 49.0 Å². The van der Waals surface area contributed by atoms with Crippen molar-refractivity contribution in [2.75, 3.05) is 37.8 Å². The maximum atomic E-state index is 6.02. The number of aromatic nitrogens is 2. The van der Waals surface area contributed by atoms with E-state index < -0.39 is 0 Å². The summed E-state index contributed by atoms with van der Waals surface area (Å²) in [5.41, 5.74) is 0. The van der Waals surface area contributed by atoms with Crippen LogP contribution < -0.4 is 4.90 Å². The number of anilines is 1. The maximum Gasteiger partial charge on any atom is 0.225 e. The first kappa shape index (κ1) is 14.2. The first-order chi connectivity index (χ1) is 9.81. The van der Waals surface area contributed by atoms with E-state index in [0.29, 0.717) is 12.0 Å². The van der Waals surface area contributed by atoms with E-state index in [1.54, 1.807) is 12.4 Å². The number of rotatable bonds is 4. The van der Waals surface area contributed by atoms with Crippen molar-refractivity contribution in [3.8, 4) is 0 Å². The fourth-order valence-corrected chi connectivity index (χ4v) is 2.88. The molecular weight excluding hydrogens is 322 g/mol. The highest BCUT2D eigenvalue weighted by Crippen LogP contribution is 2.20. The predicted octanol–water partition coefficient (Wildman–Crippen LogP) is 2.26. The van der Waals surface area contributed by atoms with Crippen molar-refractivity contribution in [2.45, 2.75) is 25.4 Å². The Morgan fingerprint density at radius 3 is 2.65 bits per heavy atom. The smallest absolute Gasteiger partial charge is 0.225 e. The fourth-order valence-electron chi connectivity index (χ4n) is 2.68. The highest BCUT2D eigenvalue weighted by atomic mass is 79.9. The molecule has 110 valence electrons. The van der Waals surface area contributed by atoms with Gasteiger partial charge in [-0.3, -0.25) is 0 Å². The second kappa shape index (κ2) is 6.83. The lowest BCUT2D eigenvalue weighted by Crippen LogP contribution is -2.38. The Bertz CT molecular complexity index is 415. The van der Waals surface area contributed by atoms with Crippen molar-refractivity contribution in [1.29, 1.82) is 0 Å². The molecule has 3 heterocycles. The van der Waals surface area contributed by atoms with Gasteiger partial charge in [-0.1, -0.05) is 0 Å². The summed E-state index contributed by atoms with van der Waals surface area (Å²) in [6.45, 7) is 4.54. The Morgan fingerprint density at radius 1 is 1.25 bits per heavy atom. The molecule has 1 atom stereocenters. The van der Waals surface area contributed by atoms with Crippen LogP contribution in [0.2, 0.25) is 0 Å². The number of hydrogen-bond acceptors (Lipinski definition) is 5. The normalized spacial score (nSPS) is 24.2. The van der Waals surface area contributed by atoms with Crippen molar-refractivity contribution >= 4 is 21.9 Å². The van der Waals surface area contributed by atoms with Crippen LogP contribution in [0, 0.1) is 5.92 Å². The first-order valence-corrected chi connectivity index (χ1v) is 8.02. The minimum atomic E-state index is 0.377. The molecule has 1 aromatic heterocycles. The van der Waals surface area contributed by atoms with E-state index in [1.165, 1.54) is 0 Å². The largest absolute Gasteiger partial charge is 0.381 e. The first-order valence-electron chi connectivity index (χ1n) is 7.23. The third-order valence-electron chi connectivity index (χ3n) is 3.92. The van der Waals surface area contributed by atoms with E-state index in [1.807, 2.05) is 0 Å². The van der Waals surface area contributed by atoms with Gasteiger partial charge in [0.1, 0.15) is 0 Å². The summed E-state index contributed by atoms with van der Waals surface area (Å²) in [4.78, 5) is 10.9. The molecule has 0 N–H and O–H groups in total. The second-order valence-electron chi connectivity index (χ2n) is 5.45. The Morgan fingerprint density at radius 2 is 2.00 bits per heavy atom. The molecule has 0 aromatic carbocycles. The molecule has 5 nitrogen and oxygen atoms in total. The lowest BCUT2D eigenvalue weighted by atomic mass is 10.1. The molecule has 20 heavy (non-hydrogen) atoms. The quantitative estimate of drug-likeness (QED) is 0.840. The van der Waals surface area contributed by atoms with Crippen LogP contribution in [0.3, 0.4) is 0 Å². The van der Waals surface area contributed by atoms with E-state index in [2.05, 4.69) is 30.8 Å². The molecule has 0 aliphatic carbocycles. The van der Waals surface area contributed by atoms with Crippen LogP contribution in [0.4, 0.5) is 5.95 Å². The lowest BCUT2D eigenvalue weighted by molar-refractivity contribution is 0.0130. The summed E-state index contributed by atoms with van der Waals surface area (Å²) < 4.78 is 12.3. The molecule has 0 saturated carbocycles. The third-order valence-corrected chi connectivity index (χ3v) is 4.33. The molecule has 2 fully saturated rings. The average Bonchev–Trinajstić information content (AvgIpc) is 3.00. The SMILES string of the molecule is Brc1cnc(N2CCC(OCC3CCOC3)CC2)nc1. The van der Waals surface area contributed by atoms with Crippen LogP contribution in [0.15, 0.2) is 16.9 Å². The van der Waals surface area contributed by atoms with Gasteiger partial charge in [0, 0.05) is 38.0 Å². The van der Waals surface area contributed by atoms with E-state index in [4.69, 9.17) is 9.47 Å². The number of piperidine rings is 1. The van der Waals surface area contributed by atoms with Gasteiger partial charge in [0.15, 0.2) is 0 Å². The topological polar surface area (TPSA) is 47.5 Å². The molecule has 0 spiro atoms. The van der Waals surface area contributed by atoms with Crippen LogP contribution in [-0.2, 0) is 9.47 Å². The zero-order chi connectivity index (χ0) is 13.8. The van der Waals surface area contributed by atoms with Crippen LogP contribution in [0.25, 0.3) is 0 Å². The van der Waals surface area contributed by atoms with Gasteiger partial charge in [-0.15, -0.1) is 0 Å². The number of hydrogen-bond donors (Lipinski definition) is 0. The van der Waals surface area contributed by atoms with E-state index >= 15 is 0 Å². The molecule has 1 unspecified atom stereocenters. The van der Waals surface area contributed by atoms with Crippen LogP contribution in [0.1, 0.15) is 19.3 Å².